The summed E-state index contributed by atoms with van der Waals surface area (Å²) in [4.78, 5) is 15.6. The van der Waals surface area contributed by atoms with Crippen LogP contribution >= 0.6 is 0 Å². The minimum atomic E-state index is -0.797. The second kappa shape index (κ2) is 8.47. The van der Waals surface area contributed by atoms with E-state index in [1.54, 1.807) is 6.92 Å². The lowest BCUT2D eigenvalue weighted by molar-refractivity contribution is -0.141. The zero-order chi connectivity index (χ0) is 21.1. The number of carbonyl (C=O) groups is 1. The third-order valence-electron chi connectivity index (χ3n) is 4.71. The minimum absolute atomic E-state index is 0.110. The molecule has 152 valence electrons. The standard InChI is InChI=1S/C23H26N2O4/c1-13(2)28-20-9-7-18(12-15(20)4)22-24-21(25-29-22)19-8-6-17(10-14(19)3)11-16(5)23(26)27/h6-10,12-13,16H,11H2,1-5H3,(H,26,27). The number of carboxylic acid groups (broad SMARTS) is 1. The van der Waals surface area contributed by atoms with Crippen LogP contribution in [-0.4, -0.2) is 27.3 Å². The maximum Gasteiger partial charge on any atom is 0.306 e. The number of nitrogens with zero attached hydrogens (tertiary/aromatic N) is 2. The molecule has 0 bridgehead atoms. The van der Waals surface area contributed by atoms with Gasteiger partial charge in [0, 0.05) is 11.1 Å². The molecule has 6 nitrogen and oxygen atoms in total. The molecule has 1 N–H and O–H groups in total. The highest BCUT2D eigenvalue weighted by molar-refractivity contribution is 5.70. The molecule has 0 saturated heterocycles. The highest BCUT2D eigenvalue weighted by atomic mass is 16.5. The van der Waals surface area contributed by atoms with Gasteiger partial charge in [0.1, 0.15) is 5.75 Å². The normalized spacial score (nSPS) is 12.2. The fourth-order valence-corrected chi connectivity index (χ4v) is 3.16. The third kappa shape index (κ3) is 4.83. The largest absolute Gasteiger partial charge is 0.491 e. The summed E-state index contributed by atoms with van der Waals surface area (Å²) in [6.07, 6.45) is 0.594. The van der Waals surface area contributed by atoms with Crippen molar-refractivity contribution < 1.29 is 19.2 Å². The van der Waals surface area contributed by atoms with E-state index in [1.165, 1.54) is 0 Å². The van der Waals surface area contributed by atoms with Crippen molar-refractivity contribution >= 4 is 5.97 Å². The Bertz CT molecular complexity index is 1020. The van der Waals surface area contributed by atoms with Crippen LogP contribution in [0, 0.1) is 19.8 Å². The molecule has 0 spiro atoms. The number of carboxylic acids is 1. The molecule has 1 atom stereocenters. The van der Waals surface area contributed by atoms with E-state index in [0.717, 1.165) is 33.6 Å². The van der Waals surface area contributed by atoms with Crippen molar-refractivity contribution in [3.63, 3.8) is 0 Å². The summed E-state index contributed by atoms with van der Waals surface area (Å²) in [6, 6.07) is 11.6. The van der Waals surface area contributed by atoms with Crippen molar-refractivity contribution in [1.29, 1.82) is 0 Å². The molecule has 0 radical (unpaired) electrons. The van der Waals surface area contributed by atoms with Crippen LogP contribution in [0.5, 0.6) is 5.75 Å². The van der Waals surface area contributed by atoms with Gasteiger partial charge in [0.25, 0.3) is 5.89 Å². The monoisotopic (exact) mass is 394 g/mol. The molecule has 2 aromatic carbocycles. The van der Waals surface area contributed by atoms with Crippen molar-refractivity contribution in [1.82, 2.24) is 10.1 Å². The first-order valence-corrected chi connectivity index (χ1v) is 9.68. The van der Waals surface area contributed by atoms with E-state index >= 15 is 0 Å². The van der Waals surface area contributed by atoms with Gasteiger partial charge in [0.05, 0.1) is 12.0 Å². The average molecular weight is 394 g/mol. The lowest BCUT2D eigenvalue weighted by Gasteiger charge is -2.12. The van der Waals surface area contributed by atoms with Crippen LogP contribution in [0.15, 0.2) is 40.9 Å². The quantitative estimate of drug-likeness (QED) is 0.602. The van der Waals surface area contributed by atoms with Crippen molar-refractivity contribution in [2.75, 3.05) is 0 Å². The van der Waals surface area contributed by atoms with Crippen LogP contribution in [0.2, 0.25) is 0 Å². The summed E-state index contributed by atoms with van der Waals surface area (Å²) in [5, 5.41) is 13.2. The Morgan fingerprint density at radius 1 is 1.10 bits per heavy atom. The number of hydrogen-bond donors (Lipinski definition) is 1. The summed E-state index contributed by atoms with van der Waals surface area (Å²) < 4.78 is 11.3. The molecule has 3 rings (SSSR count). The lowest BCUT2D eigenvalue weighted by Crippen LogP contribution is -2.12. The second-order valence-electron chi connectivity index (χ2n) is 7.66. The van der Waals surface area contributed by atoms with E-state index in [9.17, 15) is 4.79 Å². The molecule has 3 aromatic rings. The summed E-state index contributed by atoms with van der Waals surface area (Å²) in [6.45, 7) is 9.64. The molecule has 1 heterocycles. The van der Waals surface area contributed by atoms with Crippen molar-refractivity contribution in [3.05, 3.63) is 53.1 Å². The molecule has 6 heteroatoms. The maximum atomic E-state index is 11.1. The Hall–Kier alpha value is -3.15. The summed E-state index contributed by atoms with van der Waals surface area (Å²) in [5.74, 6) is 0.570. The molecular formula is C23H26N2O4. The van der Waals surface area contributed by atoms with Gasteiger partial charge in [-0.15, -0.1) is 0 Å². The van der Waals surface area contributed by atoms with Gasteiger partial charge in [-0.25, -0.2) is 0 Å². The van der Waals surface area contributed by atoms with Crippen molar-refractivity contribution in [2.45, 2.75) is 47.1 Å². The summed E-state index contributed by atoms with van der Waals surface area (Å²) in [5.41, 5.74) is 4.65. The molecule has 0 aliphatic carbocycles. The molecule has 29 heavy (non-hydrogen) atoms. The van der Waals surface area contributed by atoms with Gasteiger partial charge in [-0.2, -0.15) is 4.98 Å². The lowest BCUT2D eigenvalue weighted by atomic mass is 9.97. The van der Waals surface area contributed by atoms with Crippen molar-refractivity contribution in [3.8, 4) is 28.6 Å². The van der Waals surface area contributed by atoms with Gasteiger partial charge in [-0.05, 0) is 69.0 Å². The van der Waals surface area contributed by atoms with Crippen LogP contribution in [0.25, 0.3) is 22.8 Å². The SMILES string of the molecule is Cc1cc(-c2nc(-c3ccc(CC(C)C(=O)O)cc3C)no2)ccc1OC(C)C. The van der Waals surface area contributed by atoms with Gasteiger partial charge >= 0.3 is 5.97 Å². The Morgan fingerprint density at radius 3 is 2.48 bits per heavy atom. The van der Waals surface area contributed by atoms with Crippen LogP contribution in [0.1, 0.15) is 37.5 Å². The van der Waals surface area contributed by atoms with Gasteiger partial charge < -0.3 is 14.4 Å². The van der Waals surface area contributed by atoms with E-state index in [1.807, 2.05) is 64.1 Å². The Kier molecular flexibility index (Phi) is 6.01. The number of hydrogen-bond acceptors (Lipinski definition) is 5. The minimum Gasteiger partial charge on any atom is -0.491 e. The predicted octanol–water partition coefficient (Wildman–Crippen LogP) is 5.07. The first-order chi connectivity index (χ1) is 13.7. The summed E-state index contributed by atoms with van der Waals surface area (Å²) >= 11 is 0. The number of aryl methyl sites for hydroxylation is 2. The number of ether oxygens (including phenoxy) is 1. The van der Waals surface area contributed by atoms with E-state index in [0.29, 0.717) is 18.1 Å². The van der Waals surface area contributed by atoms with Gasteiger partial charge in [0.15, 0.2) is 0 Å². The molecular weight excluding hydrogens is 368 g/mol. The Balaban J connectivity index is 1.83. The molecule has 1 aromatic heterocycles. The van der Waals surface area contributed by atoms with Crippen LogP contribution in [0.4, 0.5) is 0 Å². The highest BCUT2D eigenvalue weighted by Crippen LogP contribution is 2.29. The average Bonchev–Trinajstić information content (AvgIpc) is 3.13. The fraction of sp³-hybridized carbons (Fsp3) is 0.348. The van der Waals surface area contributed by atoms with E-state index in [4.69, 9.17) is 14.4 Å². The third-order valence-corrected chi connectivity index (χ3v) is 4.71. The molecule has 1 unspecified atom stereocenters. The van der Waals surface area contributed by atoms with Crippen LogP contribution in [0.3, 0.4) is 0 Å². The van der Waals surface area contributed by atoms with E-state index in [-0.39, 0.29) is 6.10 Å². The first-order valence-electron chi connectivity index (χ1n) is 9.68. The van der Waals surface area contributed by atoms with E-state index < -0.39 is 11.9 Å². The van der Waals surface area contributed by atoms with Crippen LogP contribution in [-0.2, 0) is 11.2 Å². The van der Waals surface area contributed by atoms with Gasteiger partial charge in [-0.1, -0.05) is 30.3 Å². The molecule has 0 amide bonds. The molecule has 0 aliphatic heterocycles. The molecule has 0 aliphatic rings. The highest BCUT2D eigenvalue weighted by Gasteiger charge is 2.16. The molecule has 0 fully saturated rings. The number of rotatable bonds is 7. The fourth-order valence-electron chi connectivity index (χ4n) is 3.16. The van der Waals surface area contributed by atoms with E-state index in [2.05, 4.69) is 10.1 Å². The smallest absolute Gasteiger partial charge is 0.306 e. The maximum absolute atomic E-state index is 11.1. The second-order valence-corrected chi connectivity index (χ2v) is 7.66. The van der Waals surface area contributed by atoms with Crippen molar-refractivity contribution in [2.24, 2.45) is 5.92 Å². The zero-order valence-electron chi connectivity index (χ0n) is 17.4. The Labute approximate surface area is 170 Å². The number of aliphatic carboxylic acids is 1. The van der Waals surface area contributed by atoms with Crippen LogP contribution < -0.4 is 4.74 Å². The summed E-state index contributed by atoms with van der Waals surface area (Å²) in [7, 11) is 0. The first kappa shape index (κ1) is 20.6. The zero-order valence-corrected chi connectivity index (χ0v) is 17.4. The Morgan fingerprint density at radius 2 is 1.86 bits per heavy atom. The molecule has 0 saturated carbocycles. The number of aromatic nitrogens is 2. The predicted molar refractivity (Wildman–Crippen MR) is 111 cm³/mol. The number of benzene rings is 2. The van der Waals surface area contributed by atoms with Gasteiger partial charge in [0.2, 0.25) is 5.82 Å². The topological polar surface area (TPSA) is 85.5 Å². The van der Waals surface area contributed by atoms with Gasteiger partial charge in [-0.3, -0.25) is 4.79 Å².